The van der Waals surface area contributed by atoms with Gasteiger partial charge in [-0.1, -0.05) is 12.1 Å². The van der Waals surface area contributed by atoms with Crippen LogP contribution in [-0.2, 0) is 9.53 Å². The largest absolute Gasteiger partial charge is 0.465 e. The molecule has 1 unspecified atom stereocenters. The molecule has 0 spiro atoms. The number of hydrogen-bond donors (Lipinski definition) is 1. The maximum Gasteiger partial charge on any atom is 0.316 e. The third kappa shape index (κ3) is 4.24. The first-order chi connectivity index (χ1) is 7.63. The number of aliphatic hydroxyl groups is 1. The molecule has 88 valence electrons. The van der Waals surface area contributed by atoms with Crippen LogP contribution in [0.3, 0.4) is 0 Å². The molecule has 1 N–H and O–H groups in total. The van der Waals surface area contributed by atoms with Gasteiger partial charge in [0, 0.05) is 4.90 Å². The second-order valence-corrected chi connectivity index (χ2v) is 4.39. The fourth-order valence-electron chi connectivity index (χ4n) is 1.21. The summed E-state index contributed by atoms with van der Waals surface area (Å²) in [5.41, 5.74) is 0.855. The van der Waals surface area contributed by atoms with Crippen molar-refractivity contribution >= 4 is 17.7 Å². The van der Waals surface area contributed by atoms with E-state index in [0.29, 0.717) is 12.4 Å². The molecular weight excluding hydrogens is 224 g/mol. The zero-order chi connectivity index (χ0) is 12.0. The molecule has 0 fully saturated rings. The quantitative estimate of drug-likeness (QED) is 0.634. The second kappa shape index (κ2) is 6.55. The van der Waals surface area contributed by atoms with Crippen LogP contribution in [0.25, 0.3) is 0 Å². The highest BCUT2D eigenvalue weighted by molar-refractivity contribution is 8.00. The van der Waals surface area contributed by atoms with Crippen LogP contribution < -0.4 is 0 Å². The smallest absolute Gasteiger partial charge is 0.316 e. The Hall–Kier alpha value is -1.00. The maximum absolute atomic E-state index is 11.1. The first kappa shape index (κ1) is 13.1. The van der Waals surface area contributed by atoms with E-state index >= 15 is 0 Å². The zero-order valence-electron chi connectivity index (χ0n) is 9.47. The molecule has 4 heteroatoms. The van der Waals surface area contributed by atoms with E-state index in [1.54, 1.807) is 13.8 Å². The molecule has 0 bridgehead atoms. The monoisotopic (exact) mass is 240 g/mol. The third-order valence-electron chi connectivity index (χ3n) is 2.00. The number of hydrogen-bond acceptors (Lipinski definition) is 4. The number of carbonyl (C=O) groups excluding carboxylic acids is 1. The predicted octanol–water partition coefficient (Wildman–Crippen LogP) is 2.40. The Morgan fingerprint density at radius 3 is 2.94 bits per heavy atom. The summed E-state index contributed by atoms with van der Waals surface area (Å²) in [6.07, 6.45) is -0.483. The average Bonchev–Trinajstić information content (AvgIpc) is 2.27. The van der Waals surface area contributed by atoms with Crippen LogP contribution in [0.4, 0.5) is 0 Å². The van der Waals surface area contributed by atoms with Crippen LogP contribution in [0, 0.1) is 0 Å². The standard InChI is InChI=1S/C12H16O3S/c1-3-15-12(14)8-16-11-6-4-5-10(7-11)9(2)13/h4-7,9,13H,3,8H2,1-2H3. The highest BCUT2D eigenvalue weighted by Crippen LogP contribution is 2.22. The summed E-state index contributed by atoms with van der Waals surface area (Å²) in [4.78, 5) is 12.1. The number of aliphatic hydroxyl groups excluding tert-OH is 1. The van der Waals surface area contributed by atoms with E-state index in [0.717, 1.165) is 10.5 Å². The van der Waals surface area contributed by atoms with Gasteiger partial charge in [-0.2, -0.15) is 0 Å². The molecule has 0 saturated carbocycles. The van der Waals surface area contributed by atoms with E-state index in [2.05, 4.69) is 0 Å². The molecule has 0 aliphatic rings. The summed E-state index contributed by atoms with van der Waals surface area (Å²) in [5.74, 6) is 0.0897. The Morgan fingerprint density at radius 1 is 1.56 bits per heavy atom. The van der Waals surface area contributed by atoms with E-state index in [9.17, 15) is 9.90 Å². The highest BCUT2D eigenvalue weighted by Gasteiger charge is 2.05. The van der Waals surface area contributed by atoms with Gasteiger partial charge in [-0.3, -0.25) is 4.79 Å². The number of benzene rings is 1. The van der Waals surface area contributed by atoms with Gasteiger partial charge < -0.3 is 9.84 Å². The minimum atomic E-state index is -0.483. The van der Waals surface area contributed by atoms with E-state index in [1.807, 2.05) is 24.3 Å². The minimum absolute atomic E-state index is 0.213. The van der Waals surface area contributed by atoms with Gasteiger partial charge in [0.2, 0.25) is 0 Å². The van der Waals surface area contributed by atoms with E-state index in [1.165, 1.54) is 11.8 Å². The Balaban J connectivity index is 2.54. The van der Waals surface area contributed by atoms with Gasteiger partial charge in [-0.25, -0.2) is 0 Å². The fraction of sp³-hybridized carbons (Fsp3) is 0.417. The number of esters is 1. The molecule has 16 heavy (non-hydrogen) atoms. The van der Waals surface area contributed by atoms with Crippen LogP contribution in [0.2, 0.25) is 0 Å². The van der Waals surface area contributed by atoms with Crippen molar-refractivity contribution in [2.45, 2.75) is 24.8 Å². The van der Waals surface area contributed by atoms with Crippen molar-refractivity contribution in [3.63, 3.8) is 0 Å². The summed E-state index contributed by atoms with van der Waals surface area (Å²) in [7, 11) is 0. The van der Waals surface area contributed by atoms with E-state index < -0.39 is 6.10 Å². The SMILES string of the molecule is CCOC(=O)CSc1cccc(C(C)O)c1. The van der Waals surface area contributed by atoms with Gasteiger partial charge in [0.05, 0.1) is 18.5 Å². The van der Waals surface area contributed by atoms with Crippen molar-refractivity contribution in [2.24, 2.45) is 0 Å². The minimum Gasteiger partial charge on any atom is -0.465 e. The molecule has 0 amide bonds. The molecule has 1 rings (SSSR count). The van der Waals surface area contributed by atoms with Crippen molar-refractivity contribution in [2.75, 3.05) is 12.4 Å². The first-order valence-electron chi connectivity index (χ1n) is 5.20. The summed E-state index contributed by atoms with van der Waals surface area (Å²) in [5, 5.41) is 9.41. The highest BCUT2D eigenvalue weighted by atomic mass is 32.2. The topological polar surface area (TPSA) is 46.5 Å². The van der Waals surface area contributed by atoms with Crippen molar-refractivity contribution in [3.05, 3.63) is 29.8 Å². The Bertz CT molecular complexity index is 350. The van der Waals surface area contributed by atoms with Gasteiger partial charge in [0.1, 0.15) is 0 Å². The molecule has 0 aromatic heterocycles. The fourth-order valence-corrected chi connectivity index (χ4v) is 1.97. The molecule has 0 aliphatic carbocycles. The van der Waals surface area contributed by atoms with Gasteiger partial charge in [0.15, 0.2) is 0 Å². The van der Waals surface area contributed by atoms with Crippen molar-refractivity contribution in [3.8, 4) is 0 Å². The number of rotatable bonds is 5. The summed E-state index contributed by atoms with van der Waals surface area (Å²) in [6.45, 7) is 3.92. The van der Waals surface area contributed by atoms with Crippen LogP contribution in [0.5, 0.6) is 0 Å². The van der Waals surface area contributed by atoms with Crippen LogP contribution in [0.15, 0.2) is 29.2 Å². The van der Waals surface area contributed by atoms with Crippen molar-refractivity contribution in [1.82, 2.24) is 0 Å². The molecule has 0 heterocycles. The van der Waals surface area contributed by atoms with Gasteiger partial charge in [-0.05, 0) is 31.5 Å². The van der Waals surface area contributed by atoms with Crippen LogP contribution in [0.1, 0.15) is 25.5 Å². The lowest BCUT2D eigenvalue weighted by molar-refractivity contribution is -0.139. The van der Waals surface area contributed by atoms with Gasteiger partial charge in [-0.15, -0.1) is 11.8 Å². The molecule has 3 nitrogen and oxygen atoms in total. The molecule has 0 saturated heterocycles. The molecular formula is C12H16O3S. The predicted molar refractivity (Wildman–Crippen MR) is 64.4 cm³/mol. The summed E-state index contributed by atoms with van der Waals surface area (Å²) >= 11 is 1.41. The van der Waals surface area contributed by atoms with Crippen LogP contribution >= 0.6 is 11.8 Å². The lowest BCUT2D eigenvalue weighted by atomic mass is 10.1. The molecule has 0 aliphatic heterocycles. The van der Waals surface area contributed by atoms with E-state index in [-0.39, 0.29) is 5.97 Å². The molecule has 1 atom stereocenters. The van der Waals surface area contributed by atoms with Crippen molar-refractivity contribution < 1.29 is 14.6 Å². The lowest BCUT2D eigenvalue weighted by Gasteiger charge is -2.07. The van der Waals surface area contributed by atoms with E-state index in [4.69, 9.17) is 4.74 Å². The number of thioether (sulfide) groups is 1. The Kier molecular flexibility index (Phi) is 5.35. The van der Waals surface area contributed by atoms with Gasteiger partial charge >= 0.3 is 5.97 Å². The molecule has 0 radical (unpaired) electrons. The molecule has 1 aromatic rings. The zero-order valence-corrected chi connectivity index (χ0v) is 10.3. The van der Waals surface area contributed by atoms with Crippen molar-refractivity contribution in [1.29, 1.82) is 0 Å². The average molecular weight is 240 g/mol. The summed E-state index contributed by atoms with van der Waals surface area (Å²) in [6, 6.07) is 7.53. The van der Waals surface area contributed by atoms with Gasteiger partial charge in [0.25, 0.3) is 0 Å². The Labute approximate surface area is 99.8 Å². The normalized spacial score (nSPS) is 12.2. The third-order valence-corrected chi connectivity index (χ3v) is 2.97. The number of carbonyl (C=O) groups is 1. The first-order valence-corrected chi connectivity index (χ1v) is 6.18. The number of ether oxygens (including phenoxy) is 1. The summed E-state index contributed by atoms with van der Waals surface area (Å²) < 4.78 is 4.83. The Morgan fingerprint density at radius 2 is 2.31 bits per heavy atom. The maximum atomic E-state index is 11.1. The lowest BCUT2D eigenvalue weighted by Crippen LogP contribution is -2.06. The van der Waals surface area contributed by atoms with Crippen LogP contribution in [-0.4, -0.2) is 23.4 Å². The molecule has 1 aromatic carbocycles. The second-order valence-electron chi connectivity index (χ2n) is 3.34.